The van der Waals surface area contributed by atoms with E-state index in [2.05, 4.69) is 29.2 Å². The molecule has 4 nitrogen and oxygen atoms in total. The molecule has 4 heteroatoms. The second-order valence-electron chi connectivity index (χ2n) is 5.80. The molecule has 0 bridgehead atoms. The molecule has 2 fully saturated rings. The van der Waals surface area contributed by atoms with Gasteiger partial charge in [-0.3, -0.25) is 10.3 Å². The summed E-state index contributed by atoms with van der Waals surface area (Å²) in [6, 6.07) is 11.2. The van der Waals surface area contributed by atoms with Crippen LogP contribution in [0.1, 0.15) is 37.3 Å². The molecule has 20 heavy (non-hydrogen) atoms. The topological polar surface area (TPSA) is 62.3 Å². The van der Waals surface area contributed by atoms with E-state index >= 15 is 0 Å². The molecule has 1 aromatic carbocycles. The molecule has 3 rings (SSSR count). The number of amidine groups is 1. The van der Waals surface area contributed by atoms with Crippen LogP contribution in [-0.4, -0.2) is 36.0 Å². The molecule has 0 spiro atoms. The second kappa shape index (κ2) is 5.94. The normalized spacial score (nSPS) is 28.0. The van der Waals surface area contributed by atoms with E-state index < -0.39 is 0 Å². The fourth-order valence-electron chi connectivity index (χ4n) is 3.65. The molecule has 2 aliphatic rings. The van der Waals surface area contributed by atoms with Crippen LogP contribution in [0, 0.1) is 5.41 Å². The monoisotopic (exact) mass is 273 g/mol. The van der Waals surface area contributed by atoms with Crippen molar-refractivity contribution >= 4 is 5.84 Å². The molecule has 0 aromatic heterocycles. The average molecular weight is 273 g/mol. The van der Waals surface area contributed by atoms with Crippen molar-refractivity contribution in [2.24, 2.45) is 5.73 Å². The Labute approximate surface area is 120 Å². The largest absolute Gasteiger partial charge is 0.388 e. The number of benzene rings is 1. The van der Waals surface area contributed by atoms with Crippen LogP contribution in [0.4, 0.5) is 0 Å². The Morgan fingerprint density at radius 3 is 2.90 bits per heavy atom. The summed E-state index contributed by atoms with van der Waals surface area (Å²) in [4.78, 5) is 2.53. The van der Waals surface area contributed by atoms with Gasteiger partial charge in [-0.05, 0) is 24.8 Å². The Kier molecular flexibility index (Phi) is 4.03. The summed E-state index contributed by atoms with van der Waals surface area (Å²) >= 11 is 0. The number of nitrogens with one attached hydrogen (secondary N) is 1. The SMILES string of the molecule is N=C(N)CC(c1ccccc1)N1CCOC2CCCC21. The minimum absolute atomic E-state index is 0.211. The fraction of sp³-hybridized carbons (Fsp3) is 0.562. The van der Waals surface area contributed by atoms with Crippen LogP contribution >= 0.6 is 0 Å². The predicted molar refractivity (Wildman–Crippen MR) is 79.8 cm³/mol. The van der Waals surface area contributed by atoms with Crippen molar-refractivity contribution in [1.82, 2.24) is 4.90 Å². The minimum atomic E-state index is 0.211. The molecular weight excluding hydrogens is 250 g/mol. The van der Waals surface area contributed by atoms with Gasteiger partial charge < -0.3 is 10.5 Å². The summed E-state index contributed by atoms with van der Waals surface area (Å²) in [5, 5.41) is 7.70. The van der Waals surface area contributed by atoms with Gasteiger partial charge >= 0.3 is 0 Å². The Balaban J connectivity index is 1.86. The van der Waals surface area contributed by atoms with Crippen molar-refractivity contribution in [2.45, 2.75) is 43.9 Å². The van der Waals surface area contributed by atoms with Crippen LogP contribution in [0.2, 0.25) is 0 Å². The van der Waals surface area contributed by atoms with Crippen LogP contribution in [0.25, 0.3) is 0 Å². The standard InChI is InChI=1S/C16H23N3O/c17-16(18)11-14(12-5-2-1-3-6-12)19-9-10-20-15-8-4-7-13(15)19/h1-3,5-6,13-15H,4,7-11H2,(H3,17,18). The van der Waals surface area contributed by atoms with E-state index in [4.69, 9.17) is 15.9 Å². The summed E-state index contributed by atoms with van der Waals surface area (Å²) < 4.78 is 5.90. The van der Waals surface area contributed by atoms with Gasteiger partial charge in [-0.2, -0.15) is 0 Å². The van der Waals surface area contributed by atoms with Crippen LogP contribution in [0.3, 0.4) is 0 Å². The average Bonchev–Trinajstić information content (AvgIpc) is 2.94. The van der Waals surface area contributed by atoms with E-state index in [0.717, 1.165) is 13.2 Å². The second-order valence-corrected chi connectivity index (χ2v) is 5.80. The molecule has 108 valence electrons. The van der Waals surface area contributed by atoms with E-state index in [0.29, 0.717) is 18.6 Å². The predicted octanol–water partition coefficient (Wildman–Crippen LogP) is 2.31. The zero-order valence-electron chi connectivity index (χ0n) is 11.8. The molecule has 3 N–H and O–H groups in total. The third kappa shape index (κ3) is 2.72. The highest BCUT2D eigenvalue weighted by atomic mass is 16.5. The Hall–Kier alpha value is -1.39. The highest BCUT2D eigenvalue weighted by Crippen LogP contribution is 2.36. The van der Waals surface area contributed by atoms with Crippen LogP contribution in [0.5, 0.6) is 0 Å². The van der Waals surface area contributed by atoms with Crippen molar-refractivity contribution in [2.75, 3.05) is 13.2 Å². The Morgan fingerprint density at radius 1 is 1.35 bits per heavy atom. The summed E-state index contributed by atoms with van der Waals surface area (Å²) in [7, 11) is 0. The minimum Gasteiger partial charge on any atom is -0.388 e. The third-order valence-corrected chi connectivity index (χ3v) is 4.52. The lowest BCUT2D eigenvalue weighted by molar-refractivity contribution is -0.0715. The number of nitrogens with zero attached hydrogens (tertiary/aromatic N) is 1. The molecule has 0 amide bonds. The summed E-state index contributed by atoms with van der Waals surface area (Å²) in [6.45, 7) is 1.73. The fourth-order valence-corrected chi connectivity index (χ4v) is 3.65. The summed E-state index contributed by atoms with van der Waals surface area (Å²) in [5.74, 6) is 0.264. The number of hydrogen-bond donors (Lipinski definition) is 2. The Morgan fingerprint density at radius 2 is 2.15 bits per heavy atom. The highest BCUT2D eigenvalue weighted by molar-refractivity contribution is 5.77. The first-order chi connectivity index (χ1) is 9.75. The Bertz CT molecular complexity index is 462. The van der Waals surface area contributed by atoms with Gasteiger partial charge in [0, 0.05) is 25.0 Å². The first kappa shape index (κ1) is 13.6. The molecule has 0 radical (unpaired) electrons. The number of nitrogens with two attached hydrogens (primary N) is 1. The van der Waals surface area contributed by atoms with E-state index in [1.807, 2.05) is 6.07 Å². The first-order valence-corrected chi connectivity index (χ1v) is 7.51. The van der Waals surface area contributed by atoms with E-state index in [1.54, 1.807) is 0 Å². The quantitative estimate of drug-likeness (QED) is 0.653. The zero-order chi connectivity index (χ0) is 13.9. The first-order valence-electron chi connectivity index (χ1n) is 7.51. The van der Waals surface area contributed by atoms with Gasteiger partial charge in [0.1, 0.15) is 0 Å². The van der Waals surface area contributed by atoms with Gasteiger partial charge in [-0.15, -0.1) is 0 Å². The molecular formula is C16H23N3O. The maximum atomic E-state index is 7.70. The molecule has 1 heterocycles. The summed E-state index contributed by atoms with van der Waals surface area (Å²) in [6.07, 6.45) is 4.59. The number of hydrogen-bond acceptors (Lipinski definition) is 3. The van der Waals surface area contributed by atoms with Gasteiger partial charge in [0.25, 0.3) is 0 Å². The lowest BCUT2D eigenvalue weighted by Gasteiger charge is -2.42. The van der Waals surface area contributed by atoms with Gasteiger partial charge in [-0.25, -0.2) is 0 Å². The summed E-state index contributed by atoms with van der Waals surface area (Å²) in [5.41, 5.74) is 6.96. The van der Waals surface area contributed by atoms with Gasteiger partial charge in [0.2, 0.25) is 0 Å². The number of ether oxygens (including phenoxy) is 1. The molecule has 3 unspecified atom stereocenters. The van der Waals surface area contributed by atoms with Crippen molar-refractivity contribution in [3.8, 4) is 0 Å². The van der Waals surface area contributed by atoms with Crippen LogP contribution in [-0.2, 0) is 4.74 Å². The third-order valence-electron chi connectivity index (χ3n) is 4.52. The molecule has 1 aliphatic heterocycles. The van der Waals surface area contributed by atoms with Gasteiger partial charge in [0.15, 0.2) is 0 Å². The number of rotatable bonds is 4. The number of fused-ring (bicyclic) bond motifs is 1. The molecule has 1 aliphatic carbocycles. The van der Waals surface area contributed by atoms with Gasteiger partial charge in [0.05, 0.1) is 18.5 Å². The van der Waals surface area contributed by atoms with Crippen molar-refractivity contribution in [3.05, 3.63) is 35.9 Å². The molecule has 1 saturated heterocycles. The van der Waals surface area contributed by atoms with E-state index in [1.165, 1.54) is 24.8 Å². The molecule has 3 atom stereocenters. The maximum Gasteiger partial charge on any atom is 0.0924 e. The maximum absolute atomic E-state index is 7.70. The lowest BCUT2D eigenvalue weighted by atomic mass is 9.97. The van der Waals surface area contributed by atoms with Crippen LogP contribution < -0.4 is 5.73 Å². The van der Waals surface area contributed by atoms with Crippen molar-refractivity contribution in [3.63, 3.8) is 0 Å². The van der Waals surface area contributed by atoms with Crippen molar-refractivity contribution < 1.29 is 4.74 Å². The van der Waals surface area contributed by atoms with Crippen LogP contribution in [0.15, 0.2) is 30.3 Å². The number of morpholine rings is 1. The van der Waals surface area contributed by atoms with Gasteiger partial charge in [-0.1, -0.05) is 30.3 Å². The van der Waals surface area contributed by atoms with Crippen molar-refractivity contribution in [1.29, 1.82) is 5.41 Å². The highest BCUT2D eigenvalue weighted by Gasteiger charge is 2.39. The molecule has 1 saturated carbocycles. The van der Waals surface area contributed by atoms with E-state index in [9.17, 15) is 0 Å². The van der Waals surface area contributed by atoms with E-state index in [-0.39, 0.29) is 11.9 Å². The smallest absolute Gasteiger partial charge is 0.0924 e. The molecule has 1 aromatic rings. The zero-order valence-corrected chi connectivity index (χ0v) is 11.8. The lowest BCUT2D eigenvalue weighted by Crippen LogP contribution is -2.50.